The normalized spacial score (nSPS) is 12.1. The molecule has 0 bridgehead atoms. The van der Waals surface area contributed by atoms with Crippen molar-refractivity contribution < 1.29 is 9.18 Å². The molecule has 0 radical (unpaired) electrons. The number of aryl methyl sites for hydroxylation is 1. The number of rotatable bonds is 6. The number of H-pyrrole nitrogens is 1. The summed E-state index contributed by atoms with van der Waals surface area (Å²) in [5, 5.41) is 11.2. The molecule has 1 unspecified atom stereocenters. The first-order valence-electron chi connectivity index (χ1n) is 8.96. The third-order valence-corrected chi connectivity index (χ3v) is 4.52. The summed E-state index contributed by atoms with van der Waals surface area (Å²) in [6.45, 7) is 2.03. The number of hydrogen-bond acceptors (Lipinski definition) is 5. The van der Waals surface area contributed by atoms with Gasteiger partial charge in [0.05, 0.1) is 11.4 Å². The molecule has 0 aliphatic heterocycles. The Labute approximate surface area is 160 Å². The lowest BCUT2D eigenvalue weighted by molar-refractivity contribution is -0.108. The number of aromatic amines is 1. The second-order valence-corrected chi connectivity index (χ2v) is 6.37. The molecule has 4 rings (SSSR count). The maximum Gasteiger partial charge on any atom is 0.153 e. The van der Waals surface area contributed by atoms with E-state index in [0.717, 1.165) is 23.8 Å². The number of carbonyl (C=O) groups excluding carboxylic acids is 1. The minimum absolute atomic E-state index is 0.342. The fourth-order valence-corrected chi connectivity index (χ4v) is 3.02. The lowest BCUT2D eigenvalue weighted by Crippen LogP contribution is -2.10. The SMILES string of the molecule is CCc1cc(Nc2nc(C(C=O)c3ccc(F)cc3)nc3ccccc23)n[nH]1. The molecule has 0 spiro atoms. The van der Waals surface area contributed by atoms with Crippen LogP contribution >= 0.6 is 0 Å². The zero-order chi connectivity index (χ0) is 19.5. The molecule has 0 aliphatic carbocycles. The average molecular weight is 375 g/mol. The van der Waals surface area contributed by atoms with Crippen LogP contribution in [0.15, 0.2) is 54.6 Å². The molecule has 2 N–H and O–H groups in total. The third kappa shape index (κ3) is 3.46. The Hall–Kier alpha value is -3.61. The second kappa shape index (κ2) is 7.56. The van der Waals surface area contributed by atoms with Crippen molar-refractivity contribution in [2.45, 2.75) is 19.3 Å². The quantitative estimate of drug-likeness (QED) is 0.495. The van der Waals surface area contributed by atoms with Gasteiger partial charge in [0, 0.05) is 17.1 Å². The van der Waals surface area contributed by atoms with Gasteiger partial charge in [-0.25, -0.2) is 14.4 Å². The summed E-state index contributed by atoms with van der Waals surface area (Å²) >= 11 is 0. The van der Waals surface area contributed by atoms with Crippen molar-refractivity contribution in [3.05, 3.63) is 77.5 Å². The highest BCUT2D eigenvalue weighted by atomic mass is 19.1. The van der Waals surface area contributed by atoms with Gasteiger partial charge in [-0.05, 0) is 36.2 Å². The van der Waals surface area contributed by atoms with Crippen LogP contribution in [0.3, 0.4) is 0 Å². The van der Waals surface area contributed by atoms with E-state index in [0.29, 0.717) is 28.5 Å². The van der Waals surface area contributed by atoms with Crippen LogP contribution in [0, 0.1) is 5.82 Å². The fraction of sp³-hybridized carbons (Fsp3) is 0.143. The predicted molar refractivity (Wildman–Crippen MR) is 105 cm³/mol. The maximum atomic E-state index is 13.3. The monoisotopic (exact) mass is 375 g/mol. The smallest absolute Gasteiger partial charge is 0.153 e. The van der Waals surface area contributed by atoms with Gasteiger partial charge in [0.25, 0.3) is 0 Å². The van der Waals surface area contributed by atoms with Crippen molar-refractivity contribution in [1.82, 2.24) is 20.2 Å². The first kappa shape index (κ1) is 17.8. The van der Waals surface area contributed by atoms with E-state index in [-0.39, 0.29) is 5.82 Å². The third-order valence-electron chi connectivity index (χ3n) is 4.52. The molecule has 2 heterocycles. The number of anilines is 2. The summed E-state index contributed by atoms with van der Waals surface area (Å²) in [5.74, 6) is 0.477. The van der Waals surface area contributed by atoms with Gasteiger partial charge in [0.15, 0.2) is 5.82 Å². The van der Waals surface area contributed by atoms with Crippen molar-refractivity contribution in [2.24, 2.45) is 0 Å². The number of para-hydroxylation sites is 1. The molecule has 0 saturated heterocycles. The molecule has 1 atom stereocenters. The van der Waals surface area contributed by atoms with Crippen LogP contribution in [0.2, 0.25) is 0 Å². The van der Waals surface area contributed by atoms with E-state index in [1.165, 1.54) is 12.1 Å². The average Bonchev–Trinajstić information content (AvgIpc) is 3.18. The van der Waals surface area contributed by atoms with Gasteiger partial charge in [-0.3, -0.25) is 5.10 Å². The number of benzene rings is 2. The van der Waals surface area contributed by atoms with E-state index in [1.54, 1.807) is 12.1 Å². The summed E-state index contributed by atoms with van der Waals surface area (Å²) in [7, 11) is 0. The first-order chi connectivity index (χ1) is 13.7. The Balaban J connectivity index is 1.80. The van der Waals surface area contributed by atoms with Crippen molar-refractivity contribution in [3.8, 4) is 0 Å². The van der Waals surface area contributed by atoms with Gasteiger partial charge in [0.2, 0.25) is 0 Å². The Morgan fingerprint density at radius 2 is 1.93 bits per heavy atom. The van der Waals surface area contributed by atoms with E-state index < -0.39 is 5.92 Å². The number of aldehydes is 1. The number of aromatic nitrogens is 4. The van der Waals surface area contributed by atoms with Gasteiger partial charge in [0.1, 0.15) is 23.7 Å². The Kier molecular flexibility index (Phi) is 4.80. The minimum Gasteiger partial charge on any atom is -0.323 e. The molecule has 0 aliphatic rings. The maximum absolute atomic E-state index is 13.3. The number of halogens is 1. The molecule has 140 valence electrons. The van der Waals surface area contributed by atoms with Crippen LogP contribution < -0.4 is 5.32 Å². The van der Waals surface area contributed by atoms with Crippen LogP contribution in [-0.4, -0.2) is 26.5 Å². The standard InChI is InChI=1S/C21H18FN5O/c1-2-15-11-19(27-26-15)24-20-16-5-3-4-6-18(16)23-21(25-20)17(12-28)13-7-9-14(22)10-8-13/h3-12,17H,2H2,1H3,(H2,23,24,25,26,27). The van der Waals surface area contributed by atoms with Gasteiger partial charge < -0.3 is 10.1 Å². The molecule has 28 heavy (non-hydrogen) atoms. The summed E-state index contributed by atoms with van der Waals surface area (Å²) in [5.41, 5.74) is 2.33. The number of fused-ring (bicyclic) bond motifs is 1. The molecule has 0 fully saturated rings. The number of carbonyl (C=O) groups is 1. The molecule has 0 saturated carbocycles. The molecular formula is C21H18FN5O. The minimum atomic E-state index is -0.698. The van der Waals surface area contributed by atoms with Gasteiger partial charge >= 0.3 is 0 Å². The Morgan fingerprint density at radius 1 is 1.14 bits per heavy atom. The molecule has 2 aromatic heterocycles. The summed E-state index contributed by atoms with van der Waals surface area (Å²) in [6.07, 6.45) is 1.60. The molecule has 7 heteroatoms. The molecular weight excluding hydrogens is 357 g/mol. The predicted octanol–water partition coefficient (Wildman–Crippen LogP) is 4.13. The number of nitrogens with one attached hydrogen (secondary N) is 2. The largest absolute Gasteiger partial charge is 0.323 e. The van der Waals surface area contributed by atoms with E-state index in [9.17, 15) is 9.18 Å². The van der Waals surface area contributed by atoms with Gasteiger partial charge in [-0.1, -0.05) is 31.2 Å². The zero-order valence-electron chi connectivity index (χ0n) is 15.2. The van der Waals surface area contributed by atoms with Crippen LogP contribution in [0.5, 0.6) is 0 Å². The number of hydrogen-bond donors (Lipinski definition) is 2. The number of nitrogens with zero attached hydrogens (tertiary/aromatic N) is 3. The van der Waals surface area contributed by atoms with Gasteiger partial charge in [-0.15, -0.1) is 0 Å². The molecule has 2 aromatic carbocycles. The van der Waals surface area contributed by atoms with Crippen LogP contribution in [-0.2, 0) is 11.2 Å². The lowest BCUT2D eigenvalue weighted by Gasteiger charge is -2.13. The summed E-state index contributed by atoms with van der Waals surface area (Å²) in [6, 6.07) is 15.2. The molecule has 0 amide bonds. The van der Waals surface area contributed by atoms with Crippen LogP contribution in [0.4, 0.5) is 16.0 Å². The Morgan fingerprint density at radius 3 is 2.64 bits per heavy atom. The highest BCUT2D eigenvalue weighted by Gasteiger charge is 2.19. The lowest BCUT2D eigenvalue weighted by atomic mass is 9.99. The second-order valence-electron chi connectivity index (χ2n) is 6.37. The van der Waals surface area contributed by atoms with E-state index in [4.69, 9.17) is 0 Å². The van der Waals surface area contributed by atoms with Crippen molar-refractivity contribution in [2.75, 3.05) is 5.32 Å². The van der Waals surface area contributed by atoms with E-state index in [2.05, 4.69) is 25.5 Å². The topological polar surface area (TPSA) is 83.6 Å². The van der Waals surface area contributed by atoms with Crippen molar-refractivity contribution >= 4 is 28.8 Å². The van der Waals surface area contributed by atoms with Crippen LogP contribution in [0.25, 0.3) is 10.9 Å². The van der Waals surface area contributed by atoms with E-state index >= 15 is 0 Å². The highest BCUT2D eigenvalue weighted by molar-refractivity contribution is 5.91. The fourth-order valence-electron chi connectivity index (χ4n) is 3.02. The van der Waals surface area contributed by atoms with E-state index in [1.807, 2.05) is 37.3 Å². The summed E-state index contributed by atoms with van der Waals surface area (Å²) < 4.78 is 13.3. The van der Waals surface area contributed by atoms with Crippen LogP contribution in [0.1, 0.15) is 29.9 Å². The molecule has 4 aromatic rings. The zero-order valence-corrected chi connectivity index (χ0v) is 15.2. The first-order valence-corrected chi connectivity index (χ1v) is 8.96. The Bertz CT molecular complexity index is 1120. The van der Waals surface area contributed by atoms with Crippen molar-refractivity contribution in [1.29, 1.82) is 0 Å². The molecule has 6 nitrogen and oxygen atoms in total. The van der Waals surface area contributed by atoms with Crippen molar-refractivity contribution in [3.63, 3.8) is 0 Å². The summed E-state index contributed by atoms with van der Waals surface area (Å²) in [4.78, 5) is 21.0. The highest BCUT2D eigenvalue weighted by Crippen LogP contribution is 2.28. The van der Waals surface area contributed by atoms with Gasteiger partial charge in [-0.2, -0.15) is 5.10 Å².